The van der Waals surface area contributed by atoms with Gasteiger partial charge in [-0.05, 0) is 25.1 Å². The molecule has 0 aromatic heterocycles. The van der Waals surface area contributed by atoms with Gasteiger partial charge in [0.15, 0.2) is 0 Å². The molecule has 4 nitrogen and oxygen atoms in total. The van der Waals surface area contributed by atoms with Crippen LogP contribution in [0.4, 0.5) is 5.69 Å². The number of hydrogen-bond acceptors (Lipinski definition) is 3. The summed E-state index contributed by atoms with van der Waals surface area (Å²) in [4.78, 5) is 13.4. The van der Waals surface area contributed by atoms with Gasteiger partial charge in [0.1, 0.15) is 0 Å². The molecule has 1 aliphatic heterocycles. The van der Waals surface area contributed by atoms with Crippen LogP contribution in [-0.2, 0) is 4.79 Å². The first-order chi connectivity index (χ1) is 8.08. The van der Waals surface area contributed by atoms with Crippen LogP contribution < -0.4 is 10.2 Å². The lowest BCUT2D eigenvalue weighted by Gasteiger charge is -2.31. The molecule has 2 rings (SSSR count). The summed E-state index contributed by atoms with van der Waals surface area (Å²) in [6.45, 7) is 3.50. The molecule has 2 N–H and O–H groups in total. The van der Waals surface area contributed by atoms with E-state index in [9.17, 15) is 9.90 Å². The number of amides is 1. The number of nitrogens with zero attached hydrogens (tertiary/aromatic N) is 1. The van der Waals surface area contributed by atoms with Gasteiger partial charge in [-0.2, -0.15) is 0 Å². The molecule has 1 heterocycles. The number of anilines is 1. The number of aliphatic hydroxyl groups is 1. The minimum Gasteiger partial charge on any atom is -0.389 e. The van der Waals surface area contributed by atoms with E-state index in [4.69, 9.17) is 0 Å². The molecule has 1 aromatic carbocycles. The zero-order valence-electron chi connectivity index (χ0n) is 9.61. The summed E-state index contributed by atoms with van der Waals surface area (Å²) >= 11 is 3.39. The first kappa shape index (κ1) is 12.4. The molecule has 17 heavy (non-hydrogen) atoms. The van der Waals surface area contributed by atoms with Crippen molar-refractivity contribution in [2.45, 2.75) is 13.0 Å². The SMILES string of the molecule is CC(O)c1cc(Br)ccc1N1CCNC(=O)C1. The van der Waals surface area contributed by atoms with Crippen LogP contribution in [0.25, 0.3) is 0 Å². The van der Waals surface area contributed by atoms with E-state index in [2.05, 4.69) is 21.2 Å². The Hall–Kier alpha value is -1.07. The molecular weight excluding hydrogens is 284 g/mol. The fourth-order valence-electron chi connectivity index (χ4n) is 1.99. The third-order valence-electron chi connectivity index (χ3n) is 2.82. The Bertz CT molecular complexity index is 435. The van der Waals surface area contributed by atoms with Gasteiger partial charge >= 0.3 is 0 Å². The number of carbonyl (C=O) groups is 1. The molecule has 0 radical (unpaired) electrons. The van der Waals surface area contributed by atoms with Crippen LogP contribution in [0.3, 0.4) is 0 Å². The van der Waals surface area contributed by atoms with Crippen molar-refractivity contribution in [2.75, 3.05) is 24.5 Å². The number of aliphatic hydroxyl groups excluding tert-OH is 1. The molecule has 1 saturated heterocycles. The van der Waals surface area contributed by atoms with Gasteiger partial charge in [-0.25, -0.2) is 0 Å². The lowest BCUT2D eigenvalue weighted by atomic mass is 10.1. The van der Waals surface area contributed by atoms with Gasteiger partial charge in [0, 0.05) is 28.8 Å². The highest BCUT2D eigenvalue weighted by Gasteiger charge is 2.20. The molecule has 5 heteroatoms. The predicted octanol–water partition coefficient (Wildman–Crippen LogP) is 1.44. The number of halogens is 1. The Labute approximate surface area is 109 Å². The van der Waals surface area contributed by atoms with Crippen LogP contribution >= 0.6 is 15.9 Å². The number of rotatable bonds is 2. The van der Waals surface area contributed by atoms with Crippen LogP contribution in [-0.4, -0.2) is 30.6 Å². The van der Waals surface area contributed by atoms with Crippen LogP contribution in [0.15, 0.2) is 22.7 Å². The molecule has 92 valence electrons. The number of nitrogens with one attached hydrogen (secondary N) is 1. The van der Waals surface area contributed by atoms with Crippen LogP contribution in [0.1, 0.15) is 18.6 Å². The molecule has 0 spiro atoms. The summed E-state index contributed by atoms with van der Waals surface area (Å²) in [6, 6.07) is 5.75. The van der Waals surface area contributed by atoms with Gasteiger partial charge in [0.05, 0.1) is 12.6 Å². The fraction of sp³-hybridized carbons (Fsp3) is 0.417. The van der Waals surface area contributed by atoms with E-state index in [0.29, 0.717) is 13.1 Å². The molecular formula is C12H15BrN2O2. The molecule has 1 aromatic rings. The third-order valence-corrected chi connectivity index (χ3v) is 3.31. The summed E-state index contributed by atoms with van der Waals surface area (Å²) in [5.41, 5.74) is 1.77. The van der Waals surface area contributed by atoms with Crippen LogP contribution in [0, 0.1) is 0 Å². The van der Waals surface area contributed by atoms with Gasteiger partial charge in [0.25, 0.3) is 0 Å². The Morgan fingerprint density at radius 1 is 1.53 bits per heavy atom. The van der Waals surface area contributed by atoms with Gasteiger partial charge < -0.3 is 15.3 Å². The minimum absolute atomic E-state index is 0.0238. The van der Waals surface area contributed by atoms with Crippen molar-refractivity contribution in [3.8, 4) is 0 Å². The maximum atomic E-state index is 11.4. The van der Waals surface area contributed by atoms with E-state index in [1.807, 2.05) is 23.1 Å². The highest BCUT2D eigenvalue weighted by Crippen LogP contribution is 2.29. The van der Waals surface area contributed by atoms with Crippen LogP contribution in [0.5, 0.6) is 0 Å². The van der Waals surface area contributed by atoms with Crippen molar-refractivity contribution < 1.29 is 9.90 Å². The molecule has 0 saturated carbocycles. The second-order valence-electron chi connectivity index (χ2n) is 4.15. The number of carbonyl (C=O) groups excluding carboxylic acids is 1. The Morgan fingerprint density at radius 2 is 2.29 bits per heavy atom. The maximum Gasteiger partial charge on any atom is 0.239 e. The molecule has 1 aliphatic rings. The minimum atomic E-state index is -0.549. The standard InChI is InChI=1S/C12H15BrN2O2/c1-8(16)10-6-9(13)2-3-11(10)15-5-4-14-12(17)7-15/h2-3,6,8,16H,4-5,7H2,1H3,(H,14,17). The average molecular weight is 299 g/mol. The summed E-state index contributed by atoms with van der Waals surface area (Å²) in [7, 11) is 0. The molecule has 1 atom stereocenters. The second kappa shape index (κ2) is 5.06. The van der Waals surface area contributed by atoms with E-state index in [-0.39, 0.29) is 5.91 Å². The van der Waals surface area contributed by atoms with E-state index in [1.165, 1.54) is 0 Å². The van der Waals surface area contributed by atoms with E-state index in [0.717, 1.165) is 22.3 Å². The maximum absolute atomic E-state index is 11.4. The average Bonchev–Trinajstić information content (AvgIpc) is 2.28. The van der Waals surface area contributed by atoms with Crippen molar-refractivity contribution in [1.29, 1.82) is 0 Å². The Balaban J connectivity index is 2.33. The highest BCUT2D eigenvalue weighted by molar-refractivity contribution is 9.10. The normalized spacial score (nSPS) is 17.8. The first-order valence-corrected chi connectivity index (χ1v) is 6.36. The third kappa shape index (κ3) is 2.79. The smallest absolute Gasteiger partial charge is 0.239 e. The van der Waals surface area contributed by atoms with Gasteiger partial charge in [0.2, 0.25) is 5.91 Å². The summed E-state index contributed by atoms with van der Waals surface area (Å²) in [5, 5.41) is 12.6. The predicted molar refractivity (Wildman–Crippen MR) is 70.0 cm³/mol. The molecule has 1 amide bonds. The molecule has 0 aliphatic carbocycles. The van der Waals surface area contributed by atoms with E-state index < -0.39 is 6.10 Å². The lowest BCUT2D eigenvalue weighted by molar-refractivity contribution is -0.120. The van der Waals surface area contributed by atoms with Crippen molar-refractivity contribution in [1.82, 2.24) is 5.32 Å². The van der Waals surface area contributed by atoms with Crippen molar-refractivity contribution in [2.24, 2.45) is 0 Å². The monoisotopic (exact) mass is 298 g/mol. The van der Waals surface area contributed by atoms with E-state index >= 15 is 0 Å². The molecule has 1 fully saturated rings. The quantitative estimate of drug-likeness (QED) is 0.869. The number of piperazine rings is 1. The first-order valence-electron chi connectivity index (χ1n) is 5.57. The van der Waals surface area contributed by atoms with Gasteiger partial charge in [-0.3, -0.25) is 4.79 Å². The van der Waals surface area contributed by atoms with Gasteiger partial charge in [-0.1, -0.05) is 15.9 Å². The summed E-state index contributed by atoms with van der Waals surface area (Å²) in [6.07, 6.45) is -0.549. The Kier molecular flexibility index (Phi) is 3.69. The fourth-order valence-corrected chi connectivity index (χ4v) is 2.37. The van der Waals surface area contributed by atoms with Crippen molar-refractivity contribution >= 4 is 27.5 Å². The second-order valence-corrected chi connectivity index (χ2v) is 5.07. The zero-order chi connectivity index (χ0) is 12.4. The number of hydrogen-bond donors (Lipinski definition) is 2. The van der Waals surface area contributed by atoms with Gasteiger partial charge in [-0.15, -0.1) is 0 Å². The van der Waals surface area contributed by atoms with Crippen molar-refractivity contribution in [3.63, 3.8) is 0 Å². The summed E-state index contributed by atoms with van der Waals surface area (Å²) in [5.74, 6) is 0.0238. The number of benzene rings is 1. The molecule has 0 bridgehead atoms. The van der Waals surface area contributed by atoms with E-state index in [1.54, 1.807) is 6.92 Å². The largest absolute Gasteiger partial charge is 0.389 e. The zero-order valence-corrected chi connectivity index (χ0v) is 11.2. The molecule has 1 unspecified atom stereocenters. The van der Waals surface area contributed by atoms with Crippen LogP contribution in [0.2, 0.25) is 0 Å². The highest BCUT2D eigenvalue weighted by atomic mass is 79.9. The topological polar surface area (TPSA) is 52.6 Å². The lowest BCUT2D eigenvalue weighted by Crippen LogP contribution is -2.48. The van der Waals surface area contributed by atoms with Crippen molar-refractivity contribution in [3.05, 3.63) is 28.2 Å². The Morgan fingerprint density at radius 3 is 2.94 bits per heavy atom. The summed E-state index contributed by atoms with van der Waals surface area (Å²) < 4.78 is 0.929.